The number of nitrogen functional groups attached to an aromatic ring is 1. The van der Waals surface area contributed by atoms with E-state index in [1.165, 1.54) is 32.8 Å². The fourth-order valence-electron chi connectivity index (χ4n) is 3.56. The molecule has 2 saturated carbocycles. The van der Waals surface area contributed by atoms with Gasteiger partial charge in [-0.3, -0.25) is 0 Å². The molecule has 0 heterocycles. The van der Waals surface area contributed by atoms with Crippen LogP contribution in [0.4, 0.5) is 11.4 Å². The average molecular weight is 260 g/mol. The maximum Gasteiger partial charge on any atom is 0.337 e. The van der Waals surface area contributed by atoms with Gasteiger partial charge < -0.3 is 15.8 Å². The predicted molar refractivity (Wildman–Crippen MR) is 75.1 cm³/mol. The van der Waals surface area contributed by atoms with Crippen molar-refractivity contribution >= 4 is 17.3 Å². The Hall–Kier alpha value is -1.71. The maximum atomic E-state index is 11.4. The molecule has 4 heteroatoms. The summed E-state index contributed by atoms with van der Waals surface area (Å²) in [6.07, 6.45) is 5.34. The molecule has 0 spiro atoms. The van der Waals surface area contributed by atoms with Crippen LogP contribution in [0.1, 0.15) is 36.0 Å². The first-order valence-corrected chi connectivity index (χ1v) is 6.91. The minimum Gasteiger partial charge on any atom is -0.465 e. The highest BCUT2D eigenvalue weighted by molar-refractivity contribution is 5.91. The zero-order chi connectivity index (χ0) is 13.4. The molecule has 3 atom stereocenters. The van der Waals surface area contributed by atoms with Crippen molar-refractivity contribution in [2.24, 2.45) is 11.8 Å². The third-order valence-corrected chi connectivity index (χ3v) is 4.55. The molecule has 3 unspecified atom stereocenters. The Morgan fingerprint density at radius 2 is 2.21 bits per heavy atom. The average Bonchev–Trinajstić information content (AvgIpc) is 3.02. The highest BCUT2D eigenvalue weighted by atomic mass is 16.5. The van der Waals surface area contributed by atoms with Gasteiger partial charge in [0.05, 0.1) is 24.0 Å². The van der Waals surface area contributed by atoms with Gasteiger partial charge in [-0.05, 0) is 49.3 Å². The van der Waals surface area contributed by atoms with Crippen molar-refractivity contribution in [3.05, 3.63) is 23.8 Å². The molecule has 0 saturated heterocycles. The van der Waals surface area contributed by atoms with Crippen LogP contribution in [0.2, 0.25) is 0 Å². The van der Waals surface area contributed by atoms with Crippen LogP contribution in [0.25, 0.3) is 0 Å². The van der Waals surface area contributed by atoms with E-state index < -0.39 is 0 Å². The first-order valence-electron chi connectivity index (χ1n) is 6.91. The number of benzene rings is 1. The molecule has 4 nitrogen and oxygen atoms in total. The summed E-state index contributed by atoms with van der Waals surface area (Å²) >= 11 is 0. The molecule has 2 bridgehead atoms. The van der Waals surface area contributed by atoms with Crippen molar-refractivity contribution in [3.8, 4) is 0 Å². The van der Waals surface area contributed by atoms with Crippen LogP contribution in [0.15, 0.2) is 18.2 Å². The maximum absolute atomic E-state index is 11.4. The number of hydrogen-bond acceptors (Lipinski definition) is 4. The second-order valence-corrected chi connectivity index (χ2v) is 5.72. The van der Waals surface area contributed by atoms with Crippen molar-refractivity contribution in [1.29, 1.82) is 0 Å². The Bertz CT molecular complexity index is 501. The van der Waals surface area contributed by atoms with E-state index in [-0.39, 0.29) is 5.97 Å². The zero-order valence-corrected chi connectivity index (χ0v) is 11.2. The van der Waals surface area contributed by atoms with Gasteiger partial charge in [0.15, 0.2) is 0 Å². The summed E-state index contributed by atoms with van der Waals surface area (Å²) in [5.41, 5.74) is 8.07. The van der Waals surface area contributed by atoms with E-state index in [1.807, 2.05) is 6.07 Å². The monoisotopic (exact) mass is 260 g/mol. The summed E-state index contributed by atoms with van der Waals surface area (Å²) in [6.45, 7) is 0. The summed E-state index contributed by atoms with van der Waals surface area (Å²) in [7, 11) is 1.37. The van der Waals surface area contributed by atoms with Gasteiger partial charge in [-0.15, -0.1) is 0 Å². The largest absolute Gasteiger partial charge is 0.465 e. The van der Waals surface area contributed by atoms with E-state index in [2.05, 4.69) is 10.1 Å². The summed E-state index contributed by atoms with van der Waals surface area (Å²) < 4.78 is 4.69. The Kier molecular flexibility index (Phi) is 3.09. The lowest BCUT2D eigenvalue weighted by Crippen LogP contribution is -2.26. The molecule has 0 radical (unpaired) electrons. The molecule has 0 amide bonds. The summed E-state index contributed by atoms with van der Waals surface area (Å²) in [6, 6.07) is 5.87. The van der Waals surface area contributed by atoms with Gasteiger partial charge in [0.25, 0.3) is 0 Å². The molecule has 102 valence electrons. The fraction of sp³-hybridized carbons (Fsp3) is 0.533. The smallest absolute Gasteiger partial charge is 0.337 e. The van der Waals surface area contributed by atoms with E-state index in [4.69, 9.17) is 5.73 Å². The highest BCUT2D eigenvalue weighted by Crippen LogP contribution is 2.45. The van der Waals surface area contributed by atoms with Crippen LogP contribution >= 0.6 is 0 Å². The summed E-state index contributed by atoms with van der Waals surface area (Å²) in [5, 5.41) is 3.55. The molecule has 0 aromatic heterocycles. The molecule has 2 aliphatic carbocycles. The lowest BCUT2D eigenvalue weighted by atomic mass is 9.95. The van der Waals surface area contributed by atoms with Gasteiger partial charge in [0.2, 0.25) is 0 Å². The number of methoxy groups -OCH3 is 1. The fourth-order valence-corrected chi connectivity index (χ4v) is 3.56. The quantitative estimate of drug-likeness (QED) is 0.648. The van der Waals surface area contributed by atoms with Crippen molar-refractivity contribution in [2.75, 3.05) is 18.2 Å². The van der Waals surface area contributed by atoms with Crippen LogP contribution in [-0.2, 0) is 4.74 Å². The molecule has 3 N–H and O–H groups in total. The Balaban J connectivity index is 1.73. The van der Waals surface area contributed by atoms with E-state index in [0.717, 1.165) is 17.5 Å². The number of anilines is 2. The van der Waals surface area contributed by atoms with Crippen LogP contribution < -0.4 is 11.1 Å². The molecule has 3 rings (SSSR count). The van der Waals surface area contributed by atoms with Gasteiger partial charge in [-0.2, -0.15) is 0 Å². The second kappa shape index (κ2) is 4.76. The lowest BCUT2D eigenvalue weighted by molar-refractivity contribution is 0.0601. The van der Waals surface area contributed by atoms with Gasteiger partial charge >= 0.3 is 5.97 Å². The molecule has 0 aliphatic heterocycles. The van der Waals surface area contributed by atoms with E-state index >= 15 is 0 Å². The molecule has 2 aliphatic rings. The molecular weight excluding hydrogens is 240 g/mol. The van der Waals surface area contributed by atoms with Gasteiger partial charge in [0.1, 0.15) is 0 Å². The molecule has 1 aromatic carbocycles. The molecule has 2 fully saturated rings. The number of carbonyl (C=O) groups is 1. The molecule has 1 aromatic rings. The molecule has 19 heavy (non-hydrogen) atoms. The van der Waals surface area contributed by atoms with Crippen LogP contribution in [0.5, 0.6) is 0 Å². The van der Waals surface area contributed by atoms with Crippen molar-refractivity contribution in [2.45, 2.75) is 31.7 Å². The van der Waals surface area contributed by atoms with E-state index in [9.17, 15) is 4.79 Å². The number of nitrogens with two attached hydrogens (primary N) is 1. The number of hydrogen-bond donors (Lipinski definition) is 2. The van der Waals surface area contributed by atoms with Gasteiger partial charge in [-0.1, -0.05) is 6.42 Å². The summed E-state index contributed by atoms with van der Waals surface area (Å²) in [5.74, 6) is 1.35. The van der Waals surface area contributed by atoms with Crippen molar-refractivity contribution in [3.63, 3.8) is 0 Å². The number of nitrogens with one attached hydrogen (secondary N) is 1. The minimum absolute atomic E-state index is 0.349. The summed E-state index contributed by atoms with van der Waals surface area (Å²) in [4.78, 5) is 11.4. The highest BCUT2D eigenvalue weighted by Gasteiger charge is 2.39. The normalized spacial score (nSPS) is 28.4. The topological polar surface area (TPSA) is 64.3 Å². The van der Waals surface area contributed by atoms with Gasteiger partial charge in [-0.25, -0.2) is 4.79 Å². The first kappa shape index (κ1) is 12.3. The number of carbonyl (C=O) groups excluding carboxylic acids is 1. The Morgan fingerprint density at radius 1 is 1.37 bits per heavy atom. The second-order valence-electron chi connectivity index (χ2n) is 5.72. The number of rotatable bonds is 3. The van der Waals surface area contributed by atoms with Crippen molar-refractivity contribution in [1.82, 2.24) is 0 Å². The van der Waals surface area contributed by atoms with E-state index in [1.54, 1.807) is 12.1 Å². The van der Waals surface area contributed by atoms with E-state index in [0.29, 0.717) is 17.3 Å². The Labute approximate surface area is 113 Å². The minimum atomic E-state index is -0.349. The molecular formula is C15H20N2O2. The van der Waals surface area contributed by atoms with Gasteiger partial charge in [0, 0.05) is 6.04 Å². The number of fused-ring (bicyclic) bond motifs is 2. The predicted octanol–water partition coefficient (Wildman–Crippen LogP) is 2.66. The Morgan fingerprint density at radius 3 is 2.79 bits per heavy atom. The zero-order valence-electron chi connectivity index (χ0n) is 11.2. The standard InChI is InChI=1S/C15H20N2O2/c1-19-15(18)11-4-5-13(12(16)8-11)17-14-7-9-2-3-10(14)6-9/h4-5,8-10,14,17H,2-3,6-7,16H2,1H3. The third kappa shape index (κ3) is 2.27. The van der Waals surface area contributed by atoms with Crippen molar-refractivity contribution < 1.29 is 9.53 Å². The third-order valence-electron chi connectivity index (χ3n) is 4.55. The van der Waals surface area contributed by atoms with Crippen LogP contribution in [-0.4, -0.2) is 19.1 Å². The lowest BCUT2D eigenvalue weighted by Gasteiger charge is -2.24. The first-order chi connectivity index (χ1) is 9.17. The van der Waals surface area contributed by atoms with Crippen LogP contribution in [0.3, 0.4) is 0 Å². The number of esters is 1. The SMILES string of the molecule is COC(=O)c1ccc(NC2CC3CCC2C3)c(N)c1. The van der Waals surface area contributed by atoms with Crippen LogP contribution in [0, 0.1) is 11.8 Å². The number of ether oxygens (including phenoxy) is 1.